The second kappa shape index (κ2) is 7.81. The van der Waals surface area contributed by atoms with Crippen LogP contribution in [0.15, 0.2) is 24.3 Å². The predicted octanol–water partition coefficient (Wildman–Crippen LogP) is 3.78. The average Bonchev–Trinajstić information content (AvgIpc) is 2.41. The van der Waals surface area contributed by atoms with Gasteiger partial charge in [-0.1, -0.05) is 46.8 Å². The van der Waals surface area contributed by atoms with E-state index in [9.17, 15) is 5.11 Å². The summed E-state index contributed by atoms with van der Waals surface area (Å²) in [5, 5.41) is 9.88. The lowest BCUT2D eigenvalue weighted by Crippen LogP contribution is -2.27. The Morgan fingerprint density at radius 3 is 2.05 bits per heavy atom. The molecule has 0 spiro atoms. The van der Waals surface area contributed by atoms with Crippen LogP contribution in [0.5, 0.6) is 5.75 Å². The summed E-state index contributed by atoms with van der Waals surface area (Å²) >= 11 is 0. The maximum Gasteiger partial charge on any atom is 0.119 e. The lowest BCUT2D eigenvalue weighted by atomic mass is 9.87. The van der Waals surface area contributed by atoms with Gasteiger partial charge in [0.2, 0.25) is 0 Å². The molecule has 3 heteroatoms. The zero-order chi connectivity index (χ0) is 16.0. The topological polar surface area (TPSA) is 38.7 Å². The molecule has 1 aromatic carbocycles. The van der Waals surface area contributed by atoms with Crippen LogP contribution in [0.25, 0.3) is 0 Å². The first-order valence-corrected chi connectivity index (χ1v) is 7.73. The fourth-order valence-corrected chi connectivity index (χ4v) is 1.75. The Bertz CT molecular complexity index is 403. The van der Waals surface area contributed by atoms with Crippen LogP contribution in [0.4, 0.5) is 0 Å². The minimum atomic E-state index is -0.603. The molecule has 2 atom stereocenters. The van der Waals surface area contributed by atoms with Crippen LogP contribution in [-0.2, 0) is 10.2 Å². The molecule has 0 saturated heterocycles. The van der Waals surface area contributed by atoms with E-state index in [1.165, 1.54) is 5.56 Å². The molecular weight excluding hydrogens is 264 g/mol. The monoisotopic (exact) mass is 294 g/mol. The van der Waals surface area contributed by atoms with E-state index in [2.05, 4.69) is 46.8 Å². The molecule has 0 heterocycles. The van der Waals surface area contributed by atoms with Gasteiger partial charge in [0.1, 0.15) is 18.5 Å². The molecule has 3 nitrogen and oxygen atoms in total. The van der Waals surface area contributed by atoms with E-state index in [1.54, 1.807) is 0 Å². The molecule has 120 valence electrons. The molecule has 1 aromatic rings. The van der Waals surface area contributed by atoms with Crippen LogP contribution in [0.3, 0.4) is 0 Å². The Morgan fingerprint density at radius 1 is 1.00 bits per heavy atom. The van der Waals surface area contributed by atoms with Crippen molar-refractivity contribution in [3.05, 3.63) is 29.8 Å². The van der Waals surface area contributed by atoms with Gasteiger partial charge in [0.05, 0.1) is 12.7 Å². The predicted molar refractivity (Wildman–Crippen MR) is 86.9 cm³/mol. The van der Waals surface area contributed by atoms with Gasteiger partial charge in [0.25, 0.3) is 0 Å². The van der Waals surface area contributed by atoms with Gasteiger partial charge < -0.3 is 14.6 Å². The summed E-state index contributed by atoms with van der Waals surface area (Å²) in [6, 6.07) is 8.04. The van der Waals surface area contributed by atoms with Crippen molar-refractivity contribution < 1.29 is 14.6 Å². The summed E-state index contributed by atoms with van der Waals surface area (Å²) in [4.78, 5) is 0. The molecular formula is C18H30O3. The zero-order valence-electron chi connectivity index (χ0n) is 14.2. The zero-order valence-corrected chi connectivity index (χ0v) is 14.2. The summed E-state index contributed by atoms with van der Waals surface area (Å²) in [5.41, 5.74) is 1.41. The molecule has 0 fully saturated rings. The number of aliphatic hydroxyl groups is 1. The van der Waals surface area contributed by atoms with Crippen molar-refractivity contribution in [2.24, 2.45) is 5.92 Å². The number of ether oxygens (including phenoxy) is 2. The summed E-state index contributed by atoms with van der Waals surface area (Å²) in [7, 11) is 0. The summed E-state index contributed by atoms with van der Waals surface area (Å²) in [6.07, 6.45) is -0.459. The van der Waals surface area contributed by atoms with Gasteiger partial charge in [-0.3, -0.25) is 0 Å². The van der Waals surface area contributed by atoms with Crippen LogP contribution >= 0.6 is 0 Å². The fourth-order valence-electron chi connectivity index (χ4n) is 1.75. The Hall–Kier alpha value is -1.06. The summed E-state index contributed by atoms with van der Waals surface area (Å²) < 4.78 is 11.2. The molecule has 0 bridgehead atoms. The standard InChI is InChI=1S/C18H30O3/c1-13(2)14(3)20-11-16(19)12-21-17-9-7-15(8-10-17)18(4,5)6/h7-10,13-14,16,19H,11-12H2,1-6H3. The third-order valence-electron chi connectivity index (χ3n) is 3.65. The normalized spacial score (nSPS) is 15.0. The Labute approximate surface area is 129 Å². The van der Waals surface area contributed by atoms with Crippen molar-refractivity contribution >= 4 is 0 Å². The Balaban J connectivity index is 2.38. The maximum absolute atomic E-state index is 9.88. The SMILES string of the molecule is CC(C)C(C)OCC(O)COc1ccc(C(C)(C)C)cc1. The molecule has 0 radical (unpaired) electrons. The van der Waals surface area contributed by atoms with Crippen molar-refractivity contribution in [3.63, 3.8) is 0 Å². The van der Waals surface area contributed by atoms with Gasteiger partial charge in [-0.15, -0.1) is 0 Å². The van der Waals surface area contributed by atoms with E-state index in [-0.39, 0.29) is 18.1 Å². The van der Waals surface area contributed by atoms with Crippen LogP contribution < -0.4 is 4.74 Å². The molecule has 0 aliphatic rings. The first-order valence-electron chi connectivity index (χ1n) is 7.73. The van der Waals surface area contributed by atoms with E-state index >= 15 is 0 Å². The summed E-state index contributed by atoms with van der Waals surface area (Å²) in [5.74, 6) is 1.22. The smallest absolute Gasteiger partial charge is 0.119 e. The van der Waals surface area contributed by atoms with Gasteiger partial charge in [-0.2, -0.15) is 0 Å². The third-order valence-corrected chi connectivity index (χ3v) is 3.65. The van der Waals surface area contributed by atoms with Crippen molar-refractivity contribution in [1.29, 1.82) is 0 Å². The van der Waals surface area contributed by atoms with Gasteiger partial charge in [0.15, 0.2) is 0 Å². The largest absolute Gasteiger partial charge is 0.491 e. The van der Waals surface area contributed by atoms with E-state index in [0.717, 1.165) is 5.75 Å². The van der Waals surface area contributed by atoms with Gasteiger partial charge in [-0.25, -0.2) is 0 Å². The van der Waals surface area contributed by atoms with Crippen molar-refractivity contribution in [1.82, 2.24) is 0 Å². The number of rotatable bonds is 7. The van der Waals surface area contributed by atoms with Gasteiger partial charge >= 0.3 is 0 Å². The highest BCUT2D eigenvalue weighted by Crippen LogP contribution is 2.24. The minimum Gasteiger partial charge on any atom is -0.491 e. The molecule has 1 rings (SSSR count). The maximum atomic E-state index is 9.88. The van der Waals surface area contributed by atoms with Crippen molar-refractivity contribution in [2.45, 2.75) is 59.2 Å². The van der Waals surface area contributed by atoms with Gasteiger partial charge in [-0.05, 0) is 36.0 Å². The molecule has 0 aliphatic carbocycles. The highest BCUT2D eigenvalue weighted by Gasteiger charge is 2.14. The third kappa shape index (κ3) is 6.49. The van der Waals surface area contributed by atoms with E-state index < -0.39 is 6.10 Å². The van der Waals surface area contributed by atoms with Crippen molar-refractivity contribution in [2.75, 3.05) is 13.2 Å². The number of hydrogen-bond donors (Lipinski definition) is 1. The first kappa shape index (κ1) is 18.0. The van der Waals surface area contributed by atoms with E-state index in [0.29, 0.717) is 12.5 Å². The molecule has 0 aromatic heterocycles. The van der Waals surface area contributed by atoms with Crippen LogP contribution in [0.1, 0.15) is 47.1 Å². The average molecular weight is 294 g/mol. The first-order chi connectivity index (χ1) is 9.70. The molecule has 21 heavy (non-hydrogen) atoms. The van der Waals surface area contributed by atoms with E-state index in [1.807, 2.05) is 19.1 Å². The minimum absolute atomic E-state index is 0.138. The fraction of sp³-hybridized carbons (Fsp3) is 0.667. The Kier molecular flexibility index (Phi) is 6.69. The Morgan fingerprint density at radius 2 is 1.57 bits per heavy atom. The second-order valence-corrected chi connectivity index (χ2v) is 7.02. The molecule has 0 amide bonds. The molecule has 0 aliphatic heterocycles. The summed E-state index contributed by atoms with van der Waals surface area (Å²) in [6.45, 7) is 13.3. The van der Waals surface area contributed by atoms with Crippen LogP contribution in [0, 0.1) is 5.92 Å². The van der Waals surface area contributed by atoms with E-state index in [4.69, 9.17) is 9.47 Å². The molecule has 0 saturated carbocycles. The lowest BCUT2D eigenvalue weighted by molar-refractivity contribution is -0.0331. The number of aliphatic hydroxyl groups excluding tert-OH is 1. The lowest BCUT2D eigenvalue weighted by Gasteiger charge is -2.20. The highest BCUT2D eigenvalue weighted by molar-refractivity contribution is 5.31. The van der Waals surface area contributed by atoms with Crippen molar-refractivity contribution in [3.8, 4) is 5.75 Å². The second-order valence-electron chi connectivity index (χ2n) is 7.02. The van der Waals surface area contributed by atoms with Gasteiger partial charge in [0, 0.05) is 0 Å². The molecule has 1 N–H and O–H groups in total. The number of hydrogen-bond acceptors (Lipinski definition) is 3. The molecule has 2 unspecified atom stereocenters. The van der Waals surface area contributed by atoms with Crippen LogP contribution in [-0.4, -0.2) is 30.5 Å². The number of benzene rings is 1. The highest BCUT2D eigenvalue weighted by atomic mass is 16.5. The van der Waals surface area contributed by atoms with Crippen LogP contribution in [0.2, 0.25) is 0 Å². The quantitative estimate of drug-likeness (QED) is 0.831.